The zero-order chi connectivity index (χ0) is 13.5. The molecule has 2 N–H and O–H groups in total. The Morgan fingerprint density at radius 3 is 2.61 bits per heavy atom. The number of carboxylic acid groups (broad SMARTS) is 1. The number of amides is 1. The molecular formula is C14H23NO3. The van der Waals surface area contributed by atoms with Gasteiger partial charge in [0.1, 0.15) is 0 Å². The number of allylic oxidation sites excluding steroid dienone is 1. The molecule has 102 valence electrons. The summed E-state index contributed by atoms with van der Waals surface area (Å²) in [6.45, 7) is 3.85. The smallest absolute Gasteiger partial charge is 0.305 e. The molecule has 1 rings (SSSR count). The van der Waals surface area contributed by atoms with Gasteiger partial charge in [0.05, 0.1) is 6.42 Å². The standard InChI is InChI=1S/C14H23NO3/c1-10(2)12(9-14(17)18)15-13(16)8-11-6-4-3-5-7-11/h6,10,12H,3-5,7-9H2,1-2H3,(H,15,16)(H,17,18). The second-order valence-electron chi connectivity index (χ2n) is 5.30. The highest BCUT2D eigenvalue weighted by Crippen LogP contribution is 2.20. The van der Waals surface area contributed by atoms with E-state index < -0.39 is 5.97 Å². The fourth-order valence-electron chi connectivity index (χ4n) is 2.17. The molecule has 1 atom stereocenters. The fraction of sp³-hybridized carbons (Fsp3) is 0.714. The van der Waals surface area contributed by atoms with Gasteiger partial charge in [0, 0.05) is 12.5 Å². The van der Waals surface area contributed by atoms with E-state index in [0.717, 1.165) is 19.3 Å². The number of carboxylic acids is 1. The number of hydrogen-bond donors (Lipinski definition) is 2. The highest BCUT2D eigenvalue weighted by atomic mass is 16.4. The first kappa shape index (κ1) is 14.7. The van der Waals surface area contributed by atoms with Crippen LogP contribution < -0.4 is 5.32 Å². The molecule has 1 amide bonds. The second kappa shape index (κ2) is 7.19. The van der Waals surface area contributed by atoms with E-state index >= 15 is 0 Å². The Morgan fingerprint density at radius 2 is 2.11 bits per heavy atom. The van der Waals surface area contributed by atoms with Gasteiger partial charge in [-0.1, -0.05) is 25.5 Å². The Morgan fingerprint density at radius 1 is 1.39 bits per heavy atom. The highest BCUT2D eigenvalue weighted by molar-refractivity contribution is 5.79. The van der Waals surface area contributed by atoms with Crippen molar-refractivity contribution in [3.63, 3.8) is 0 Å². The summed E-state index contributed by atoms with van der Waals surface area (Å²) in [5.74, 6) is -0.792. The van der Waals surface area contributed by atoms with Crippen LogP contribution >= 0.6 is 0 Å². The normalized spacial score (nSPS) is 17.2. The molecule has 4 heteroatoms. The molecular weight excluding hydrogens is 230 g/mol. The molecule has 0 radical (unpaired) electrons. The van der Waals surface area contributed by atoms with E-state index in [-0.39, 0.29) is 24.3 Å². The van der Waals surface area contributed by atoms with Gasteiger partial charge in [0.2, 0.25) is 5.91 Å². The number of carbonyl (C=O) groups is 2. The molecule has 1 aliphatic carbocycles. The predicted octanol–water partition coefficient (Wildman–Crippen LogP) is 2.49. The fourth-order valence-corrected chi connectivity index (χ4v) is 2.17. The van der Waals surface area contributed by atoms with Crippen LogP contribution in [0.15, 0.2) is 11.6 Å². The van der Waals surface area contributed by atoms with Gasteiger partial charge in [-0.25, -0.2) is 0 Å². The first-order valence-electron chi connectivity index (χ1n) is 6.68. The average molecular weight is 253 g/mol. The summed E-state index contributed by atoms with van der Waals surface area (Å²) in [5.41, 5.74) is 1.19. The van der Waals surface area contributed by atoms with Crippen molar-refractivity contribution in [1.29, 1.82) is 0 Å². The van der Waals surface area contributed by atoms with Crippen LogP contribution in [-0.2, 0) is 9.59 Å². The number of rotatable bonds is 6. The summed E-state index contributed by atoms with van der Waals surface area (Å²) in [4.78, 5) is 22.6. The van der Waals surface area contributed by atoms with Crippen molar-refractivity contribution in [3.8, 4) is 0 Å². The first-order valence-corrected chi connectivity index (χ1v) is 6.68. The van der Waals surface area contributed by atoms with Crippen LogP contribution in [0.2, 0.25) is 0 Å². The highest BCUT2D eigenvalue weighted by Gasteiger charge is 2.20. The van der Waals surface area contributed by atoms with Crippen molar-refractivity contribution < 1.29 is 14.7 Å². The molecule has 0 heterocycles. The lowest BCUT2D eigenvalue weighted by Gasteiger charge is -2.21. The summed E-state index contributed by atoms with van der Waals surface area (Å²) in [6.07, 6.45) is 6.97. The Hall–Kier alpha value is -1.32. The first-order chi connectivity index (χ1) is 8.49. The zero-order valence-corrected chi connectivity index (χ0v) is 11.2. The minimum Gasteiger partial charge on any atom is -0.481 e. The van der Waals surface area contributed by atoms with Crippen LogP contribution in [0.4, 0.5) is 0 Å². The van der Waals surface area contributed by atoms with Crippen LogP contribution in [-0.4, -0.2) is 23.0 Å². The molecule has 0 aromatic carbocycles. The molecule has 0 aromatic heterocycles. The minimum absolute atomic E-state index is 0.0115. The molecule has 4 nitrogen and oxygen atoms in total. The van der Waals surface area contributed by atoms with Crippen molar-refractivity contribution in [2.75, 3.05) is 0 Å². The molecule has 0 fully saturated rings. The third kappa shape index (κ3) is 5.34. The van der Waals surface area contributed by atoms with E-state index in [0.29, 0.717) is 6.42 Å². The number of hydrogen-bond acceptors (Lipinski definition) is 2. The van der Waals surface area contributed by atoms with E-state index in [9.17, 15) is 9.59 Å². The van der Waals surface area contributed by atoms with Gasteiger partial charge < -0.3 is 10.4 Å². The number of aliphatic carboxylic acids is 1. The van der Waals surface area contributed by atoms with Crippen LogP contribution in [0.25, 0.3) is 0 Å². The van der Waals surface area contributed by atoms with E-state index in [1.165, 1.54) is 12.0 Å². The number of carbonyl (C=O) groups excluding carboxylic acids is 1. The molecule has 1 unspecified atom stereocenters. The van der Waals surface area contributed by atoms with Crippen LogP contribution in [0.3, 0.4) is 0 Å². The third-order valence-corrected chi connectivity index (χ3v) is 3.32. The molecule has 0 spiro atoms. The molecule has 0 saturated heterocycles. The Bertz CT molecular complexity index is 334. The minimum atomic E-state index is -0.870. The van der Waals surface area contributed by atoms with E-state index in [1.54, 1.807) is 0 Å². The average Bonchev–Trinajstić information content (AvgIpc) is 2.28. The van der Waals surface area contributed by atoms with Gasteiger partial charge in [0.15, 0.2) is 0 Å². The van der Waals surface area contributed by atoms with Crippen molar-refractivity contribution in [2.24, 2.45) is 5.92 Å². The summed E-state index contributed by atoms with van der Waals surface area (Å²) < 4.78 is 0. The third-order valence-electron chi connectivity index (χ3n) is 3.32. The topological polar surface area (TPSA) is 66.4 Å². The van der Waals surface area contributed by atoms with E-state index in [4.69, 9.17) is 5.11 Å². The Balaban J connectivity index is 2.45. The van der Waals surface area contributed by atoms with Crippen LogP contribution in [0, 0.1) is 5.92 Å². The molecule has 0 bridgehead atoms. The van der Waals surface area contributed by atoms with Gasteiger partial charge in [-0.2, -0.15) is 0 Å². The maximum absolute atomic E-state index is 11.9. The Labute approximate surface area is 108 Å². The maximum Gasteiger partial charge on any atom is 0.305 e. The van der Waals surface area contributed by atoms with Crippen LogP contribution in [0.1, 0.15) is 52.4 Å². The van der Waals surface area contributed by atoms with Gasteiger partial charge in [-0.15, -0.1) is 0 Å². The van der Waals surface area contributed by atoms with Gasteiger partial charge in [-0.05, 0) is 31.6 Å². The van der Waals surface area contributed by atoms with Crippen molar-refractivity contribution in [2.45, 2.75) is 58.4 Å². The molecule has 0 aliphatic heterocycles. The maximum atomic E-state index is 11.9. The summed E-state index contributed by atoms with van der Waals surface area (Å²) in [7, 11) is 0. The lowest BCUT2D eigenvalue weighted by atomic mass is 9.96. The van der Waals surface area contributed by atoms with Gasteiger partial charge >= 0.3 is 5.97 Å². The number of nitrogens with one attached hydrogen (secondary N) is 1. The lowest BCUT2D eigenvalue weighted by Crippen LogP contribution is -2.40. The van der Waals surface area contributed by atoms with E-state index in [2.05, 4.69) is 11.4 Å². The largest absolute Gasteiger partial charge is 0.481 e. The summed E-state index contributed by atoms with van der Waals surface area (Å²) in [6, 6.07) is -0.279. The van der Waals surface area contributed by atoms with Crippen molar-refractivity contribution >= 4 is 11.9 Å². The van der Waals surface area contributed by atoms with Crippen LogP contribution in [0.5, 0.6) is 0 Å². The molecule has 18 heavy (non-hydrogen) atoms. The predicted molar refractivity (Wildman–Crippen MR) is 70.2 cm³/mol. The quantitative estimate of drug-likeness (QED) is 0.715. The molecule has 0 saturated carbocycles. The van der Waals surface area contributed by atoms with Gasteiger partial charge in [-0.3, -0.25) is 9.59 Å². The van der Waals surface area contributed by atoms with Crippen molar-refractivity contribution in [1.82, 2.24) is 5.32 Å². The molecule has 0 aromatic rings. The lowest BCUT2D eigenvalue weighted by molar-refractivity contribution is -0.138. The van der Waals surface area contributed by atoms with Gasteiger partial charge in [0.25, 0.3) is 0 Å². The molecule has 1 aliphatic rings. The Kier molecular flexibility index (Phi) is 5.89. The monoisotopic (exact) mass is 253 g/mol. The summed E-state index contributed by atoms with van der Waals surface area (Å²) >= 11 is 0. The second-order valence-corrected chi connectivity index (χ2v) is 5.30. The SMILES string of the molecule is CC(C)C(CC(=O)O)NC(=O)CC1=CCCCC1. The zero-order valence-electron chi connectivity index (χ0n) is 11.2. The summed E-state index contributed by atoms with van der Waals surface area (Å²) in [5, 5.41) is 11.6. The van der Waals surface area contributed by atoms with E-state index in [1.807, 2.05) is 13.8 Å². The van der Waals surface area contributed by atoms with Crippen molar-refractivity contribution in [3.05, 3.63) is 11.6 Å².